The van der Waals surface area contributed by atoms with Gasteiger partial charge in [0.2, 0.25) is 0 Å². The SMILES string of the molecule is Cn1cc(-c2cc(OCc3ccccc3)ccn2)c2ccccc21. The van der Waals surface area contributed by atoms with E-state index in [0.29, 0.717) is 6.61 Å². The Labute approximate surface area is 141 Å². The Morgan fingerprint density at radius 2 is 1.75 bits per heavy atom. The Hall–Kier alpha value is -3.07. The zero-order valence-corrected chi connectivity index (χ0v) is 13.5. The predicted molar refractivity (Wildman–Crippen MR) is 96.9 cm³/mol. The summed E-state index contributed by atoms with van der Waals surface area (Å²) in [5.74, 6) is 0.830. The fourth-order valence-electron chi connectivity index (χ4n) is 2.93. The van der Waals surface area contributed by atoms with Gasteiger partial charge < -0.3 is 9.30 Å². The van der Waals surface area contributed by atoms with Crippen molar-refractivity contribution >= 4 is 10.9 Å². The molecule has 0 saturated heterocycles. The fourth-order valence-corrected chi connectivity index (χ4v) is 2.93. The number of nitrogens with zero attached hydrogens (tertiary/aromatic N) is 2. The van der Waals surface area contributed by atoms with Crippen LogP contribution in [0.1, 0.15) is 5.56 Å². The Balaban J connectivity index is 1.64. The lowest BCUT2D eigenvalue weighted by Gasteiger charge is -2.07. The van der Waals surface area contributed by atoms with E-state index in [4.69, 9.17) is 4.74 Å². The average Bonchev–Trinajstić information content (AvgIpc) is 2.98. The molecule has 4 rings (SSSR count). The molecule has 0 radical (unpaired) electrons. The van der Waals surface area contributed by atoms with Crippen molar-refractivity contribution < 1.29 is 4.74 Å². The van der Waals surface area contributed by atoms with Crippen molar-refractivity contribution in [2.45, 2.75) is 6.61 Å². The minimum atomic E-state index is 0.555. The van der Waals surface area contributed by atoms with E-state index in [1.165, 1.54) is 10.9 Å². The van der Waals surface area contributed by atoms with Crippen LogP contribution in [0.3, 0.4) is 0 Å². The summed E-state index contributed by atoms with van der Waals surface area (Å²) >= 11 is 0. The number of rotatable bonds is 4. The molecule has 0 N–H and O–H groups in total. The molecule has 0 bridgehead atoms. The topological polar surface area (TPSA) is 27.1 Å². The molecule has 0 fully saturated rings. The highest BCUT2D eigenvalue weighted by Crippen LogP contribution is 2.30. The van der Waals surface area contributed by atoms with Crippen LogP contribution in [0, 0.1) is 0 Å². The van der Waals surface area contributed by atoms with E-state index in [-0.39, 0.29) is 0 Å². The number of ether oxygens (including phenoxy) is 1. The van der Waals surface area contributed by atoms with E-state index >= 15 is 0 Å². The molecule has 0 spiro atoms. The van der Waals surface area contributed by atoms with Gasteiger partial charge in [-0.3, -0.25) is 4.98 Å². The minimum Gasteiger partial charge on any atom is -0.489 e. The summed E-state index contributed by atoms with van der Waals surface area (Å²) in [6.07, 6.45) is 3.92. The largest absolute Gasteiger partial charge is 0.489 e. The van der Waals surface area contributed by atoms with Crippen LogP contribution in [0.4, 0.5) is 0 Å². The van der Waals surface area contributed by atoms with Crippen molar-refractivity contribution in [2.75, 3.05) is 0 Å². The van der Waals surface area contributed by atoms with Crippen LogP contribution in [0.5, 0.6) is 5.75 Å². The number of fused-ring (bicyclic) bond motifs is 1. The van der Waals surface area contributed by atoms with Crippen LogP contribution < -0.4 is 4.74 Å². The van der Waals surface area contributed by atoms with E-state index in [2.05, 4.69) is 59.2 Å². The van der Waals surface area contributed by atoms with Gasteiger partial charge >= 0.3 is 0 Å². The normalized spacial score (nSPS) is 10.9. The number of para-hydroxylation sites is 1. The number of pyridine rings is 1. The maximum atomic E-state index is 5.93. The van der Waals surface area contributed by atoms with E-state index in [0.717, 1.165) is 22.6 Å². The van der Waals surface area contributed by atoms with E-state index < -0.39 is 0 Å². The Morgan fingerprint density at radius 1 is 0.958 bits per heavy atom. The van der Waals surface area contributed by atoms with Crippen molar-refractivity contribution in [1.82, 2.24) is 9.55 Å². The number of hydrogen-bond acceptors (Lipinski definition) is 2. The van der Waals surface area contributed by atoms with Crippen LogP contribution in [0.25, 0.3) is 22.2 Å². The summed E-state index contributed by atoms with van der Waals surface area (Å²) in [6.45, 7) is 0.555. The fraction of sp³-hybridized carbons (Fsp3) is 0.0952. The lowest BCUT2D eigenvalue weighted by atomic mass is 10.1. The van der Waals surface area contributed by atoms with E-state index in [9.17, 15) is 0 Å². The lowest BCUT2D eigenvalue weighted by Crippen LogP contribution is -1.95. The van der Waals surface area contributed by atoms with Gasteiger partial charge in [0.15, 0.2) is 0 Å². The van der Waals surface area contributed by atoms with Crippen LogP contribution in [-0.4, -0.2) is 9.55 Å². The first kappa shape index (κ1) is 14.5. The highest BCUT2D eigenvalue weighted by Gasteiger charge is 2.10. The van der Waals surface area contributed by atoms with Gasteiger partial charge in [-0.05, 0) is 17.7 Å². The first-order valence-corrected chi connectivity index (χ1v) is 7.98. The molecular formula is C21H18N2O. The summed E-state index contributed by atoms with van der Waals surface area (Å²) in [4.78, 5) is 4.53. The van der Waals surface area contributed by atoms with Gasteiger partial charge in [0, 0.05) is 42.0 Å². The van der Waals surface area contributed by atoms with Gasteiger partial charge in [0.25, 0.3) is 0 Å². The third-order valence-corrected chi connectivity index (χ3v) is 4.15. The van der Waals surface area contributed by atoms with Crippen LogP contribution in [0.15, 0.2) is 79.1 Å². The second-order valence-electron chi connectivity index (χ2n) is 5.82. The van der Waals surface area contributed by atoms with Crippen molar-refractivity contribution in [3.63, 3.8) is 0 Å². The predicted octanol–water partition coefficient (Wildman–Crippen LogP) is 4.82. The molecule has 0 aliphatic carbocycles. The summed E-state index contributed by atoms with van der Waals surface area (Å²) in [6, 6.07) is 22.4. The van der Waals surface area contributed by atoms with Crippen molar-refractivity contribution in [3.8, 4) is 17.0 Å². The Bertz CT molecular complexity index is 973. The summed E-state index contributed by atoms with van der Waals surface area (Å²) in [7, 11) is 2.06. The Morgan fingerprint density at radius 3 is 2.62 bits per heavy atom. The van der Waals surface area contributed by atoms with Gasteiger partial charge in [-0.25, -0.2) is 0 Å². The number of aromatic nitrogens is 2. The first-order chi connectivity index (χ1) is 11.8. The smallest absolute Gasteiger partial charge is 0.123 e. The molecule has 4 aromatic rings. The molecule has 118 valence electrons. The van der Waals surface area contributed by atoms with Gasteiger partial charge in [0.1, 0.15) is 12.4 Å². The summed E-state index contributed by atoms with van der Waals surface area (Å²) in [5, 5.41) is 1.20. The average molecular weight is 314 g/mol. The standard InChI is InChI=1S/C21H18N2O/c1-23-14-19(18-9-5-6-10-21(18)23)20-13-17(11-12-22-20)24-15-16-7-3-2-4-8-16/h2-14H,15H2,1H3. The van der Waals surface area contributed by atoms with E-state index in [1.807, 2.05) is 30.3 Å². The summed E-state index contributed by atoms with van der Waals surface area (Å²) in [5.41, 5.74) is 4.40. The molecule has 24 heavy (non-hydrogen) atoms. The minimum absolute atomic E-state index is 0.555. The first-order valence-electron chi connectivity index (χ1n) is 7.98. The molecule has 0 aliphatic rings. The summed E-state index contributed by atoms with van der Waals surface area (Å²) < 4.78 is 8.06. The zero-order valence-electron chi connectivity index (χ0n) is 13.5. The highest BCUT2D eigenvalue weighted by molar-refractivity contribution is 5.95. The quantitative estimate of drug-likeness (QED) is 0.540. The number of aryl methyl sites for hydroxylation is 1. The lowest BCUT2D eigenvalue weighted by molar-refractivity contribution is 0.306. The van der Waals surface area contributed by atoms with E-state index in [1.54, 1.807) is 6.20 Å². The maximum Gasteiger partial charge on any atom is 0.123 e. The van der Waals surface area contributed by atoms with Crippen molar-refractivity contribution in [3.05, 3.63) is 84.7 Å². The van der Waals surface area contributed by atoms with Crippen molar-refractivity contribution in [2.24, 2.45) is 7.05 Å². The molecule has 0 unspecified atom stereocenters. The third-order valence-electron chi connectivity index (χ3n) is 4.15. The van der Waals surface area contributed by atoms with Gasteiger partial charge in [-0.2, -0.15) is 0 Å². The molecule has 0 amide bonds. The molecule has 3 heteroatoms. The maximum absolute atomic E-state index is 5.93. The van der Waals surface area contributed by atoms with Crippen LogP contribution >= 0.6 is 0 Å². The molecule has 2 aromatic carbocycles. The molecular weight excluding hydrogens is 296 g/mol. The van der Waals surface area contributed by atoms with Gasteiger partial charge in [-0.15, -0.1) is 0 Å². The van der Waals surface area contributed by atoms with Crippen LogP contribution in [0.2, 0.25) is 0 Å². The number of benzene rings is 2. The molecule has 3 nitrogen and oxygen atoms in total. The van der Waals surface area contributed by atoms with Crippen molar-refractivity contribution in [1.29, 1.82) is 0 Å². The van der Waals surface area contributed by atoms with Crippen LogP contribution in [-0.2, 0) is 13.7 Å². The van der Waals surface area contributed by atoms with Gasteiger partial charge in [0.05, 0.1) is 5.69 Å². The monoisotopic (exact) mass is 314 g/mol. The molecule has 2 aromatic heterocycles. The molecule has 2 heterocycles. The number of hydrogen-bond donors (Lipinski definition) is 0. The van der Waals surface area contributed by atoms with Gasteiger partial charge in [-0.1, -0.05) is 48.5 Å². The second kappa shape index (κ2) is 6.20. The molecule has 0 atom stereocenters. The Kier molecular flexibility index (Phi) is 3.75. The second-order valence-corrected chi connectivity index (χ2v) is 5.82. The zero-order chi connectivity index (χ0) is 16.4. The highest BCUT2D eigenvalue weighted by atomic mass is 16.5. The third kappa shape index (κ3) is 2.76. The molecule has 0 saturated carbocycles. The molecule has 0 aliphatic heterocycles.